The lowest BCUT2D eigenvalue weighted by Gasteiger charge is -2.37. The molecule has 4 aliphatic rings. The fraction of sp³-hybridized carbons (Fsp3) is 0.423. The van der Waals surface area contributed by atoms with Crippen LogP contribution in [0.3, 0.4) is 0 Å². The largest absolute Gasteiger partial charge is 0.497 e. The third-order valence-corrected chi connectivity index (χ3v) is 14.2. The molecule has 3 aliphatic heterocycles. The second kappa shape index (κ2) is 19.2. The minimum atomic E-state index is -0.956. The Labute approximate surface area is 400 Å². The second-order valence-corrected chi connectivity index (χ2v) is 18.8. The Balaban J connectivity index is 1.11. The van der Waals surface area contributed by atoms with Gasteiger partial charge in [0, 0.05) is 55.5 Å². The molecule has 68 heavy (non-hydrogen) atoms. The molecule has 4 atom stereocenters. The molecule has 6 aromatic rings. The van der Waals surface area contributed by atoms with Crippen molar-refractivity contribution < 1.29 is 37.2 Å². The van der Waals surface area contributed by atoms with Crippen LogP contribution >= 0.6 is 11.6 Å². The number of fused-ring (bicyclic) bond motifs is 1. The van der Waals surface area contributed by atoms with E-state index in [4.69, 9.17) is 60.0 Å². The Morgan fingerprint density at radius 2 is 1.65 bits per heavy atom. The molecule has 0 N–H and O–H groups in total. The molecule has 10 rings (SSSR count). The van der Waals surface area contributed by atoms with E-state index in [9.17, 15) is 0 Å². The van der Waals surface area contributed by atoms with Gasteiger partial charge in [-0.15, -0.1) is 0 Å². The fourth-order valence-electron chi connectivity index (χ4n) is 10.4. The summed E-state index contributed by atoms with van der Waals surface area (Å²) in [6.45, 7) is 6.68. The summed E-state index contributed by atoms with van der Waals surface area (Å²) in [5.74, 6) is 2.74. The van der Waals surface area contributed by atoms with Crippen molar-refractivity contribution in [2.24, 2.45) is 0 Å². The van der Waals surface area contributed by atoms with Gasteiger partial charge in [0.1, 0.15) is 64.9 Å². The Kier molecular flexibility index (Phi) is 12.9. The maximum Gasteiger partial charge on any atom is 0.319 e. The zero-order valence-electron chi connectivity index (χ0n) is 39.0. The zero-order chi connectivity index (χ0) is 47.1. The number of nitrogens with zero attached hydrogens (tertiary/aromatic N) is 7. The van der Waals surface area contributed by atoms with Gasteiger partial charge in [0.2, 0.25) is 5.88 Å². The van der Waals surface area contributed by atoms with Crippen LogP contribution < -0.4 is 33.5 Å². The summed E-state index contributed by atoms with van der Waals surface area (Å²) in [5.41, 5.74) is 3.83. The third-order valence-electron chi connectivity index (χ3n) is 13.9. The first-order valence-electron chi connectivity index (χ1n) is 23.3. The van der Waals surface area contributed by atoms with Crippen molar-refractivity contribution in [3.8, 4) is 40.4 Å². The average molecular weight is 949 g/mol. The smallest absolute Gasteiger partial charge is 0.319 e. The number of benzene rings is 3. The molecular weight excluding hydrogens is 892 g/mol. The highest BCUT2D eigenvalue weighted by Gasteiger charge is 2.49. The number of pyridine rings is 2. The topological polar surface area (TPSA) is 117 Å². The number of ether oxygens (including phenoxy) is 6. The predicted octanol–water partition coefficient (Wildman–Crippen LogP) is 10.3. The standard InChI is InChI=1S/C52H56ClF2N7O6/c1-31-28-66-50-44-47(45(55)46(57-50)41-22-39(68-30-63-3)23-42(53)43(41)35-13-14-35)58-51(67-29-52-19-7-21-61(52)27-36(54)24-52)59-49(44)62(31)32(2)40-8-6-20-56-48(40)60(25-33-9-15-37(64-4)16-10-33)26-34-11-17-38(65-5)18-12-34/h6,8-12,15-18,20,22-23,31-32,35-36H,7,13-14,19,21,24-30H2,1-5H3/t31-,32?,36+,52-/m0/s1. The SMILES string of the molecule is COCOc1cc(Cl)c(C2CC2)c(-c2nc3c4c(nc(OC[C@@]56CCCN5C[C@H](F)C6)nc4c2F)N(C(C)c2cccnc2N(Cc2ccc(OC)cc2)Cc2ccc(OC)cc2)[C@@H](C)CO3)c1. The third kappa shape index (κ3) is 8.91. The Morgan fingerprint density at radius 1 is 0.926 bits per heavy atom. The molecule has 1 aliphatic carbocycles. The van der Waals surface area contributed by atoms with Gasteiger partial charge in [-0.2, -0.15) is 9.97 Å². The summed E-state index contributed by atoms with van der Waals surface area (Å²) in [5, 5.41) is 0.762. The summed E-state index contributed by atoms with van der Waals surface area (Å²) in [6, 6.07) is 22.8. The molecule has 3 aromatic carbocycles. The summed E-state index contributed by atoms with van der Waals surface area (Å²) in [7, 11) is 4.84. The van der Waals surface area contributed by atoms with E-state index in [-0.39, 0.29) is 55.1 Å². The lowest BCUT2D eigenvalue weighted by molar-refractivity contribution is 0.0511. The number of aromatic nitrogens is 4. The van der Waals surface area contributed by atoms with Gasteiger partial charge in [-0.3, -0.25) is 4.90 Å². The quantitative estimate of drug-likeness (QED) is 0.0809. The van der Waals surface area contributed by atoms with Crippen LogP contribution in [0.25, 0.3) is 22.2 Å². The van der Waals surface area contributed by atoms with Crippen molar-refractivity contribution in [1.82, 2.24) is 24.8 Å². The lowest BCUT2D eigenvalue weighted by atomic mass is 9.95. The van der Waals surface area contributed by atoms with Gasteiger partial charge in [-0.1, -0.05) is 41.9 Å². The molecule has 2 saturated heterocycles. The van der Waals surface area contributed by atoms with Crippen molar-refractivity contribution in [2.45, 2.75) is 88.8 Å². The van der Waals surface area contributed by atoms with Crippen molar-refractivity contribution >= 4 is 34.1 Å². The number of alkyl halides is 1. The molecule has 6 heterocycles. The van der Waals surface area contributed by atoms with E-state index in [0.29, 0.717) is 53.6 Å². The molecule has 16 heteroatoms. The summed E-state index contributed by atoms with van der Waals surface area (Å²) >= 11 is 6.97. The normalized spacial score (nSPS) is 20.4. The first-order chi connectivity index (χ1) is 33.1. The average Bonchev–Trinajstić information content (AvgIpc) is 4.07. The van der Waals surface area contributed by atoms with Crippen LogP contribution in [0.5, 0.6) is 29.1 Å². The number of anilines is 2. The van der Waals surface area contributed by atoms with Gasteiger partial charge in [0.15, 0.2) is 12.6 Å². The Morgan fingerprint density at radius 3 is 2.32 bits per heavy atom. The van der Waals surface area contributed by atoms with E-state index in [1.807, 2.05) is 37.3 Å². The molecule has 3 aromatic heterocycles. The van der Waals surface area contributed by atoms with E-state index in [0.717, 1.165) is 71.8 Å². The van der Waals surface area contributed by atoms with Crippen LogP contribution in [0.1, 0.15) is 80.2 Å². The highest BCUT2D eigenvalue weighted by Crippen LogP contribution is 2.51. The molecule has 0 radical (unpaired) electrons. The minimum Gasteiger partial charge on any atom is -0.497 e. The van der Waals surface area contributed by atoms with E-state index in [2.05, 4.69) is 52.0 Å². The van der Waals surface area contributed by atoms with Crippen molar-refractivity contribution in [3.63, 3.8) is 0 Å². The highest BCUT2D eigenvalue weighted by atomic mass is 35.5. The van der Waals surface area contributed by atoms with Crippen LogP contribution in [0.4, 0.5) is 20.4 Å². The fourth-order valence-corrected chi connectivity index (χ4v) is 10.7. The van der Waals surface area contributed by atoms with E-state index >= 15 is 8.78 Å². The summed E-state index contributed by atoms with van der Waals surface area (Å²) < 4.78 is 68.1. The predicted molar refractivity (Wildman–Crippen MR) is 257 cm³/mol. The molecule has 1 saturated carbocycles. The van der Waals surface area contributed by atoms with E-state index in [1.165, 1.54) is 7.11 Å². The highest BCUT2D eigenvalue weighted by molar-refractivity contribution is 6.32. The van der Waals surface area contributed by atoms with Crippen LogP contribution in [-0.2, 0) is 17.8 Å². The van der Waals surface area contributed by atoms with Crippen LogP contribution in [-0.4, -0.2) is 97.0 Å². The number of hydrogen-bond donors (Lipinski definition) is 0. The van der Waals surface area contributed by atoms with Gasteiger partial charge in [-0.05, 0) is 111 Å². The van der Waals surface area contributed by atoms with Crippen molar-refractivity contribution in [1.29, 1.82) is 0 Å². The molecule has 0 spiro atoms. The maximum atomic E-state index is 17.9. The zero-order valence-corrected chi connectivity index (χ0v) is 39.8. The van der Waals surface area contributed by atoms with E-state index < -0.39 is 23.6 Å². The van der Waals surface area contributed by atoms with E-state index in [1.54, 1.807) is 32.5 Å². The maximum absolute atomic E-state index is 17.9. The van der Waals surface area contributed by atoms with Gasteiger partial charge >= 0.3 is 6.01 Å². The lowest BCUT2D eigenvalue weighted by Crippen LogP contribution is -2.43. The molecular formula is C52H56ClF2N7O6. The Hall–Kier alpha value is -6.03. The number of halogens is 3. The molecule has 356 valence electrons. The summed E-state index contributed by atoms with van der Waals surface area (Å²) in [6.07, 6.45) is 4.74. The van der Waals surface area contributed by atoms with Crippen LogP contribution in [0, 0.1) is 5.82 Å². The molecule has 13 nitrogen and oxygen atoms in total. The first-order valence-corrected chi connectivity index (χ1v) is 23.7. The Bertz CT molecular complexity index is 2740. The molecule has 1 unspecified atom stereocenters. The van der Waals surface area contributed by atoms with Crippen molar-refractivity contribution in [2.75, 3.05) is 64.2 Å². The van der Waals surface area contributed by atoms with Gasteiger partial charge in [0.25, 0.3) is 0 Å². The monoisotopic (exact) mass is 947 g/mol. The molecule has 0 amide bonds. The van der Waals surface area contributed by atoms with Crippen LogP contribution in [0.2, 0.25) is 5.02 Å². The molecule has 3 fully saturated rings. The minimum absolute atomic E-state index is 0.0139. The van der Waals surface area contributed by atoms with Gasteiger partial charge in [-0.25, -0.2) is 18.7 Å². The first kappa shape index (κ1) is 45.7. The number of rotatable bonds is 17. The van der Waals surface area contributed by atoms with Crippen LogP contribution in [0.15, 0.2) is 79.0 Å². The second-order valence-electron chi connectivity index (χ2n) is 18.4. The summed E-state index contributed by atoms with van der Waals surface area (Å²) in [4.78, 5) is 26.6. The van der Waals surface area contributed by atoms with Gasteiger partial charge < -0.3 is 38.2 Å². The molecule has 0 bridgehead atoms. The number of hydrogen-bond acceptors (Lipinski definition) is 13. The van der Waals surface area contributed by atoms with Crippen molar-refractivity contribution in [3.05, 3.63) is 112 Å². The van der Waals surface area contributed by atoms with Gasteiger partial charge in [0.05, 0.1) is 31.8 Å². The number of methoxy groups -OCH3 is 3.